The maximum Gasteiger partial charge on any atom is 0.234 e. The predicted octanol–water partition coefficient (Wildman–Crippen LogP) is 5.47. The molecule has 0 bridgehead atoms. The van der Waals surface area contributed by atoms with Gasteiger partial charge < -0.3 is 5.32 Å². The highest BCUT2D eigenvalue weighted by Gasteiger charge is 2.23. The molecule has 0 saturated carbocycles. The first-order valence-corrected chi connectivity index (χ1v) is 11.5. The normalized spacial score (nSPS) is 16.2. The third kappa shape index (κ3) is 3.80. The van der Waals surface area contributed by atoms with Gasteiger partial charge in [0.1, 0.15) is 16.2 Å². The monoisotopic (exact) mass is 411 g/mol. The minimum Gasteiger partial charge on any atom is -0.325 e. The molecule has 4 nitrogen and oxygen atoms in total. The molecule has 1 unspecified atom stereocenters. The molecule has 1 aliphatic rings. The van der Waals surface area contributed by atoms with E-state index in [2.05, 4.69) is 41.3 Å². The van der Waals surface area contributed by atoms with Gasteiger partial charge in [-0.05, 0) is 62.6 Å². The van der Waals surface area contributed by atoms with Crippen LogP contribution in [0.1, 0.15) is 40.5 Å². The second-order valence-electron chi connectivity index (χ2n) is 7.82. The number of hydrogen-bond donors (Lipinski definition) is 1. The van der Waals surface area contributed by atoms with E-state index in [4.69, 9.17) is 0 Å². The van der Waals surface area contributed by atoms with Crippen molar-refractivity contribution in [3.05, 3.63) is 45.6 Å². The number of hydrogen-bond acceptors (Lipinski definition) is 5. The van der Waals surface area contributed by atoms with E-state index in [1.165, 1.54) is 39.6 Å². The second-order valence-corrected chi connectivity index (χ2v) is 9.87. The minimum absolute atomic E-state index is 0.00420. The highest BCUT2D eigenvalue weighted by Crippen LogP contribution is 2.40. The summed E-state index contributed by atoms with van der Waals surface area (Å²) < 4.78 is 0. The van der Waals surface area contributed by atoms with Crippen LogP contribution in [0.2, 0.25) is 0 Å². The summed E-state index contributed by atoms with van der Waals surface area (Å²) in [5, 5.41) is 5.20. The van der Waals surface area contributed by atoms with Gasteiger partial charge in [-0.2, -0.15) is 0 Å². The van der Waals surface area contributed by atoms with E-state index in [1.807, 2.05) is 13.8 Å². The lowest BCUT2D eigenvalue weighted by atomic mass is 9.89. The minimum atomic E-state index is 0.00420. The van der Waals surface area contributed by atoms with Crippen molar-refractivity contribution in [2.45, 2.75) is 52.0 Å². The van der Waals surface area contributed by atoms with E-state index >= 15 is 0 Å². The zero-order chi connectivity index (χ0) is 19.8. The van der Waals surface area contributed by atoms with Crippen LogP contribution < -0.4 is 5.32 Å². The number of amides is 1. The fourth-order valence-corrected chi connectivity index (χ4v) is 6.28. The van der Waals surface area contributed by atoms with E-state index in [9.17, 15) is 4.79 Å². The van der Waals surface area contributed by atoms with Gasteiger partial charge in [0.2, 0.25) is 5.91 Å². The Morgan fingerprint density at radius 3 is 2.75 bits per heavy atom. The van der Waals surface area contributed by atoms with Crippen molar-refractivity contribution in [2.75, 3.05) is 11.1 Å². The lowest BCUT2D eigenvalue weighted by Gasteiger charge is -2.18. The third-order valence-corrected chi connectivity index (χ3v) is 7.49. The molecule has 1 aliphatic carbocycles. The number of thioether (sulfide) groups is 1. The molecule has 28 heavy (non-hydrogen) atoms. The summed E-state index contributed by atoms with van der Waals surface area (Å²) in [6.07, 6.45) is 5.06. The first-order valence-electron chi connectivity index (χ1n) is 9.68. The largest absolute Gasteiger partial charge is 0.325 e. The average molecular weight is 412 g/mol. The number of nitrogens with one attached hydrogen (secondary N) is 1. The standard InChI is InChI=1S/C22H25N3OS2/c1-12-5-6-16-17(9-12)28-22-19(16)21(23-11-24-22)27-10-18(26)25-20-14(3)7-13(2)8-15(20)4/h7-8,11-12H,5-6,9-10H2,1-4H3,(H,25,26). The van der Waals surface area contributed by atoms with E-state index in [-0.39, 0.29) is 5.91 Å². The van der Waals surface area contributed by atoms with Crippen LogP contribution in [0.15, 0.2) is 23.5 Å². The molecule has 2 heterocycles. The molecule has 1 amide bonds. The summed E-state index contributed by atoms with van der Waals surface area (Å²) in [4.78, 5) is 24.1. The van der Waals surface area contributed by atoms with Crippen molar-refractivity contribution in [3.8, 4) is 0 Å². The number of fused-ring (bicyclic) bond motifs is 3. The second kappa shape index (κ2) is 7.84. The van der Waals surface area contributed by atoms with Gasteiger partial charge in [0.25, 0.3) is 0 Å². The topological polar surface area (TPSA) is 54.9 Å². The number of benzene rings is 1. The van der Waals surface area contributed by atoms with Crippen molar-refractivity contribution in [1.82, 2.24) is 9.97 Å². The number of rotatable bonds is 4. The summed E-state index contributed by atoms with van der Waals surface area (Å²) in [6, 6.07) is 4.20. The Labute approximate surface area is 174 Å². The van der Waals surface area contributed by atoms with E-state index < -0.39 is 0 Å². The van der Waals surface area contributed by atoms with Gasteiger partial charge in [0.05, 0.1) is 5.75 Å². The van der Waals surface area contributed by atoms with Gasteiger partial charge in [-0.25, -0.2) is 9.97 Å². The molecule has 0 fully saturated rings. The molecule has 1 N–H and O–H groups in total. The molecule has 2 aromatic heterocycles. The molecule has 1 aromatic carbocycles. The van der Waals surface area contributed by atoms with E-state index in [0.717, 1.165) is 45.4 Å². The number of carbonyl (C=O) groups is 1. The molecular weight excluding hydrogens is 386 g/mol. The van der Waals surface area contributed by atoms with Gasteiger partial charge in [-0.3, -0.25) is 4.79 Å². The molecule has 3 aromatic rings. The highest BCUT2D eigenvalue weighted by molar-refractivity contribution is 8.00. The molecule has 6 heteroatoms. The first kappa shape index (κ1) is 19.4. The van der Waals surface area contributed by atoms with Crippen LogP contribution in [0.4, 0.5) is 5.69 Å². The smallest absolute Gasteiger partial charge is 0.234 e. The average Bonchev–Trinajstić information content (AvgIpc) is 3.00. The predicted molar refractivity (Wildman–Crippen MR) is 119 cm³/mol. The Balaban J connectivity index is 1.52. The van der Waals surface area contributed by atoms with Crippen LogP contribution in [-0.4, -0.2) is 21.6 Å². The van der Waals surface area contributed by atoms with Crippen LogP contribution in [0.3, 0.4) is 0 Å². The molecule has 4 rings (SSSR count). The number of thiophene rings is 1. The Bertz CT molecular complexity index is 1030. The summed E-state index contributed by atoms with van der Waals surface area (Å²) >= 11 is 3.31. The van der Waals surface area contributed by atoms with Crippen molar-refractivity contribution < 1.29 is 4.79 Å². The van der Waals surface area contributed by atoms with Crippen molar-refractivity contribution in [1.29, 1.82) is 0 Å². The Morgan fingerprint density at radius 2 is 2.00 bits per heavy atom. The highest BCUT2D eigenvalue weighted by atomic mass is 32.2. The number of aryl methyl sites for hydroxylation is 4. The Morgan fingerprint density at radius 1 is 1.25 bits per heavy atom. The lowest BCUT2D eigenvalue weighted by molar-refractivity contribution is -0.113. The van der Waals surface area contributed by atoms with Gasteiger partial charge in [-0.15, -0.1) is 11.3 Å². The van der Waals surface area contributed by atoms with Gasteiger partial charge >= 0.3 is 0 Å². The quantitative estimate of drug-likeness (QED) is 0.457. The molecule has 0 spiro atoms. The van der Waals surface area contributed by atoms with E-state index in [0.29, 0.717) is 5.75 Å². The molecule has 1 atom stereocenters. The molecule has 0 aliphatic heterocycles. The number of anilines is 1. The Hall–Kier alpha value is -1.92. The van der Waals surface area contributed by atoms with Crippen LogP contribution in [0.5, 0.6) is 0 Å². The molecule has 146 valence electrons. The summed E-state index contributed by atoms with van der Waals surface area (Å²) in [6.45, 7) is 8.46. The molecule has 0 saturated heterocycles. The lowest BCUT2D eigenvalue weighted by Crippen LogP contribution is -2.16. The molecule has 0 radical (unpaired) electrons. The third-order valence-electron chi connectivity index (χ3n) is 5.34. The van der Waals surface area contributed by atoms with E-state index in [1.54, 1.807) is 17.7 Å². The summed E-state index contributed by atoms with van der Waals surface area (Å²) in [5.41, 5.74) is 5.74. The SMILES string of the molecule is Cc1cc(C)c(NC(=O)CSc2ncnc3sc4c(c23)CCC(C)C4)c(C)c1. The summed E-state index contributed by atoms with van der Waals surface area (Å²) in [7, 11) is 0. The zero-order valence-electron chi connectivity index (χ0n) is 16.8. The van der Waals surface area contributed by atoms with Gasteiger partial charge in [0, 0.05) is 16.0 Å². The van der Waals surface area contributed by atoms with Crippen molar-refractivity contribution in [2.24, 2.45) is 5.92 Å². The summed E-state index contributed by atoms with van der Waals surface area (Å²) in [5.74, 6) is 1.08. The van der Waals surface area contributed by atoms with Crippen molar-refractivity contribution in [3.63, 3.8) is 0 Å². The number of aromatic nitrogens is 2. The molecular formula is C22H25N3OS2. The fraction of sp³-hybridized carbons (Fsp3) is 0.409. The van der Waals surface area contributed by atoms with Crippen molar-refractivity contribution >= 4 is 44.9 Å². The zero-order valence-corrected chi connectivity index (χ0v) is 18.4. The first-order chi connectivity index (χ1) is 13.4. The number of carbonyl (C=O) groups excluding carboxylic acids is 1. The van der Waals surface area contributed by atoms with Crippen LogP contribution in [0.25, 0.3) is 10.2 Å². The van der Waals surface area contributed by atoms with Crippen LogP contribution >= 0.6 is 23.1 Å². The Kier molecular flexibility index (Phi) is 5.43. The number of nitrogens with zero attached hydrogens (tertiary/aromatic N) is 2. The van der Waals surface area contributed by atoms with Gasteiger partial charge in [-0.1, -0.05) is 36.4 Å². The fourth-order valence-electron chi connectivity index (χ4n) is 4.04. The van der Waals surface area contributed by atoms with Crippen LogP contribution in [0, 0.1) is 26.7 Å². The maximum atomic E-state index is 12.6. The maximum absolute atomic E-state index is 12.6. The van der Waals surface area contributed by atoms with Gasteiger partial charge in [0.15, 0.2) is 0 Å². The van der Waals surface area contributed by atoms with Crippen LogP contribution in [-0.2, 0) is 17.6 Å².